The zero-order chi connectivity index (χ0) is 23.2. The molecule has 0 bridgehead atoms. The largest absolute Gasteiger partial charge is 0.506 e. The number of benzene rings is 3. The predicted octanol–water partition coefficient (Wildman–Crippen LogP) is 7.36. The van der Waals surface area contributed by atoms with Crippen molar-refractivity contribution in [2.24, 2.45) is 0 Å². The van der Waals surface area contributed by atoms with Crippen molar-refractivity contribution in [1.29, 1.82) is 0 Å². The molecule has 6 nitrogen and oxygen atoms in total. The van der Waals surface area contributed by atoms with Crippen molar-refractivity contribution >= 4 is 34.2 Å². The van der Waals surface area contributed by atoms with Crippen LogP contribution in [0, 0.1) is 0 Å². The molecule has 0 atom stereocenters. The normalized spacial score (nSPS) is 11.4. The summed E-state index contributed by atoms with van der Waals surface area (Å²) in [5, 5.41) is 24.3. The average molecular weight is 487 g/mol. The van der Waals surface area contributed by atoms with Crippen LogP contribution in [0.3, 0.4) is 0 Å². The Balaban J connectivity index is 1.52. The summed E-state index contributed by atoms with van der Waals surface area (Å²) in [6.07, 6.45) is 1.91. The van der Waals surface area contributed by atoms with Gasteiger partial charge in [-0.2, -0.15) is 10.2 Å². The van der Waals surface area contributed by atoms with E-state index in [4.69, 9.17) is 32.7 Å². The molecule has 6 rings (SSSR count). The van der Waals surface area contributed by atoms with Crippen LogP contribution >= 0.6 is 23.2 Å². The van der Waals surface area contributed by atoms with Gasteiger partial charge in [0.05, 0.1) is 27.7 Å². The number of phenols is 1. The van der Waals surface area contributed by atoms with Crippen molar-refractivity contribution in [1.82, 2.24) is 20.0 Å². The summed E-state index contributed by atoms with van der Waals surface area (Å²) in [4.78, 5) is 0. The van der Waals surface area contributed by atoms with E-state index < -0.39 is 0 Å². The Morgan fingerprint density at radius 2 is 1.68 bits per heavy atom. The van der Waals surface area contributed by atoms with Gasteiger partial charge in [-0.1, -0.05) is 59.6 Å². The summed E-state index contributed by atoms with van der Waals surface area (Å²) >= 11 is 12.3. The summed E-state index contributed by atoms with van der Waals surface area (Å²) in [5.41, 5.74) is 4.74. The smallest absolute Gasteiger partial charge is 0.156 e. The van der Waals surface area contributed by atoms with E-state index in [0.29, 0.717) is 33.4 Å². The number of H-pyrrole nitrogens is 1. The lowest BCUT2D eigenvalue weighted by Crippen LogP contribution is -1.93. The maximum atomic E-state index is 10.5. The molecule has 34 heavy (non-hydrogen) atoms. The van der Waals surface area contributed by atoms with E-state index in [1.807, 2.05) is 72.9 Å². The van der Waals surface area contributed by atoms with Crippen LogP contribution in [0.15, 0.2) is 89.5 Å². The highest BCUT2D eigenvalue weighted by Crippen LogP contribution is 2.40. The maximum absolute atomic E-state index is 10.5. The zero-order valence-electron chi connectivity index (χ0n) is 17.5. The number of nitrogens with one attached hydrogen (secondary N) is 1. The second kappa shape index (κ2) is 8.09. The van der Waals surface area contributed by atoms with Crippen molar-refractivity contribution in [2.75, 3.05) is 0 Å². The lowest BCUT2D eigenvalue weighted by atomic mass is 10.1. The van der Waals surface area contributed by atoms with E-state index in [0.717, 1.165) is 22.2 Å². The SMILES string of the molecule is Oc1c(Cl)cc(Cl)cc1-c1cc(-c2cn(-c3ccccc3)nc2-c2cc3ccccc3o2)n[nH]1. The van der Waals surface area contributed by atoms with Gasteiger partial charge in [-0.25, -0.2) is 4.68 Å². The first kappa shape index (κ1) is 20.6. The van der Waals surface area contributed by atoms with Crippen molar-refractivity contribution in [3.63, 3.8) is 0 Å². The molecule has 2 N–H and O–H groups in total. The quantitative estimate of drug-likeness (QED) is 0.272. The third-order valence-corrected chi connectivity index (χ3v) is 6.07. The fraction of sp³-hybridized carbons (Fsp3) is 0. The molecule has 0 spiro atoms. The Kier molecular flexibility index (Phi) is 4.90. The summed E-state index contributed by atoms with van der Waals surface area (Å²) in [6, 6.07) is 24.5. The Morgan fingerprint density at radius 3 is 2.50 bits per heavy atom. The lowest BCUT2D eigenvalue weighted by molar-refractivity contribution is 0.477. The van der Waals surface area contributed by atoms with E-state index in [-0.39, 0.29) is 10.8 Å². The first-order valence-corrected chi connectivity index (χ1v) is 11.2. The van der Waals surface area contributed by atoms with Crippen LogP contribution in [0.25, 0.3) is 50.6 Å². The number of para-hydroxylation sites is 2. The lowest BCUT2D eigenvalue weighted by Gasteiger charge is -2.04. The highest BCUT2D eigenvalue weighted by molar-refractivity contribution is 6.36. The van der Waals surface area contributed by atoms with Crippen LogP contribution in [0.4, 0.5) is 0 Å². The molecular weight excluding hydrogens is 471 g/mol. The Bertz CT molecular complexity index is 1620. The Morgan fingerprint density at radius 1 is 0.882 bits per heavy atom. The first-order valence-electron chi connectivity index (χ1n) is 10.4. The third-order valence-electron chi connectivity index (χ3n) is 5.57. The minimum absolute atomic E-state index is 0.0706. The number of aromatic amines is 1. The molecule has 6 aromatic rings. The highest BCUT2D eigenvalue weighted by atomic mass is 35.5. The van der Waals surface area contributed by atoms with Gasteiger partial charge < -0.3 is 9.52 Å². The molecule has 0 saturated heterocycles. The van der Waals surface area contributed by atoms with Gasteiger partial charge in [-0.05, 0) is 42.5 Å². The molecule has 8 heteroatoms. The number of halogens is 2. The van der Waals surface area contributed by atoms with Crippen LogP contribution in [0.5, 0.6) is 5.75 Å². The number of aromatic nitrogens is 4. The van der Waals surface area contributed by atoms with Gasteiger partial charge >= 0.3 is 0 Å². The van der Waals surface area contributed by atoms with Gasteiger partial charge in [0, 0.05) is 22.2 Å². The van der Waals surface area contributed by atoms with Crippen LogP contribution < -0.4 is 0 Å². The summed E-state index contributed by atoms with van der Waals surface area (Å²) in [7, 11) is 0. The van der Waals surface area contributed by atoms with Crippen LogP contribution in [0.2, 0.25) is 10.0 Å². The molecule has 3 aromatic carbocycles. The molecule has 0 amide bonds. The molecule has 0 unspecified atom stereocenters. The molecule has 166 valence electrons. The Labute approximate surface area is 204 Å². The van der Waals surface area contributed by atoms with Gasteiger partial charge in [0.2, 0.25) is 0 Å². The average Bonchev–Trinajstić information content (AvgIpc) is 3.59. The van der Waals surface area contributed by atoms with Gasteiger partial charge in [-0.15, -0.1) is 0 Å². The number of hydrogen-bond donors (Lipinski definition) is 2. The number of aromatic hydroxyl groups is 1. The van der Waals surface area contributed by atoms with E-state index in [2.05, 4.69) is 10.2 Å². The minimum Gasteiger partial charge on any atom is -0.506 e. The summed E-state index contributed by atoms with van der Waals surface area (Å²) in [6.45, 7) is 0. The van der Waals surface area contributed by atoms with Crippen molar-refractivity contribution in [3.8, 4) is 45.4 Å². The molecule has 3 heterocycles. The van der Waals surface area contributed by atoms with Crippen LogP contribution in [-0.2, 0) is 0 Å². The predicted molar refractivity (Wildman–Crippen MR) is 133 cm³/mol. The first-order chi connectivity index (χ1) is 16.6. The third kappa shape index (κ3) is 3.53. The number of fused-ring (bicyclic) bond motifs is 1. The van der Waals surface area contributed by atoms with E-state index in [9.17, 15) is 5.11 Å². The second-order valence-electron chi connectivity index (χ2n) is 7.77. The molecule has 0 saturated carbocycles. The molecule has 0 fully saturated rings. The standard InChI is InChI=1S/C26H16Cl2N4O2/c27-16-11-18(26(33)20(28)12-16)21-13-22(30-29-21)19-14-32(17-7-2-1-3-8-17)31-25(19)24-10-15-6-4-5-9-23(15)34-24/h1-14,33H,(H,29,30). The summed E-state index contributed by atoms with van der Waals surface area (Å²) < 4.78 is 7.91. The number of nitrogens with zero attached hydrogens (tertiary/aromatic N) is 3. The van der Waals surface area contributed by atoms with Crippen molar-refractivity contribution < 1.29 is 9.52 Å². The van der Waals surface area contributed by atoms with E-state index in [1.165, 1.54) is 6.07 Å². The number of furan rings is 1. The number of rotatable bonds is 4. The molecule has 0 aliphatic rings. The fourth-order valence-corrected chi connectivity index (χ4v) is 4.42. The van der Waals surface area contributed by atoms with Gasteiger partial charge in [0.25, 0.3) is 0 Å². The van der Waals surface area contributed by atoms with Crippen molar-refractivity contribution in [2.45, 2.75) is 0 Å². The maximum Gasteiger partial charge on any atom is 0.156 e. The summed E-state index contributed by atoms with van der Waals surface area (Å²) in [5.74, 6) is 0.558. The Hall–Kier alpha value is -4.00. The number of phenolic OH excluding ortho intramolecular Hbond substituents is 1. The van der Waals surface area contributed by atoms with Crippen molar-refractivity contribution in [3.05, 3.63) is 95.1 Å². The zero-order valence-corrected chi connectivity index (χ0v) is 19.0. The minimum atomic E-state index is -0.0706. The highest BCUT2D eigenvalue weighted by Gasteiger charge is 2.21. The van der Waals surface area contributed by atoms with E-state index in [1.54, 1.807) is 10.7 Å². The number of hydrogen-bond acceptors (Lipinski definition) is 4. The fourth-order valence-electron chi connectivity index (χ4n) is 3.92. The second-order valence-corrected chi connectivity index (χ2v) is 8.61. The molecule has 3 aromatic heterocycles. The van der Waals surface area contributed by atoms with Gasteiger partial charge in [0.15, 0.2) is 5.76 Å². The van der Waals surface area contributed by atoms with Crippen LogP contribution in [-0.4, -0.2) is 25.1 Å². The van der Waals surface area contributed by atoms with E-state index >= 15 is 0 Å². The van der Waals surface area contributed by atoms with Gasteiger partial charge in [-0.3, -0.25) is 5.10 Å². The molecular formula is C26H16Cl2N4O2. The monoisotopic (exact) mass is 486 g/mol. The molecule has 0 aliphatic carbocycles. The van der Waals surface area contributed by atoms with Gasteiger partial charge in [0.1, 0.15) is 17.0 Å². The molecule has 0 radical (unpaired) electrons. The topological polar surface area (TPSA) is 79.9 Å². The molecule has 0 aliphatic heterocycles. The van der Waals surface area contributed by atoms with Crippen LogP contribution in [0.1, 0.15) is 0 Å².